The van der Waals surface area contributed by atoms with Crippen LogP contribution in [0.5, 0.6) is 0 Å². The van der Waals surface area contributed by atoms with Gasteiger partial charge in [0.1, 0.15) is 0 Å². The lowest BCUT2D eigenvalue weighted by Gasteiger charge is -2.42. The van der Waals surface area contributed by atoms with Gasteiger partial charge in [0, 0.05) is 18.1 Å². The number of nitrogens with one attached hydrogen (secondary N) is 1. The van der Waals surface area contributed by atoms with Crippen molar-refractivity contribution in [2.45, 2.75) is 59.7 Å². The molecule has 1 rings (SSSR count). The van der Waals surface area contributed by atoms with Crippen LogP contribution in [0.1, 0.15) is 53.1 Å². The number of nitrogens with zero attached hydrogens (tertiary/aromatic N) is 1. The maximum Gasteiger partial charge on any atom is 0.0480 e. The zero-order chi connectivity index (χ0) is 15.1. The van der Waals surface area contributed by atoms with Gasteiger partial charge in [0.2, 0.25) is 0 Å². The Morgan fingerprint density at radius 2 is 1.60 bits per heavy atom. The van der Waals surface area contributed by atoms with Crippen molar-refractivity contribution in [1.82, 2.24) is 10.2 Å². The molecule has 20 heavy (non-hydrogen) atoms. The summed E-state index contributed by atoms with van der Waals surface area (Å²) in [4.78, 5) is 2.62. The van der Waals surface area contributed by atoms with E-state index < -0.39 is 0 Å². The zero-order valence-corrected chi connectivity index (χ0v) is 14.1. The number of likely N-dealkylation sites (N-methyl/N-ethyl adjacent to an activating group) is 2. The summed E-state index contributed by atoms with van der Waals surface area (Å²) in [6, 6.07) is 12.3. The molecule has 0 spiro atoms. The van der Waals surface area contributed by atoms with Crippen molar-refractivity contribution >= 4 is 0 Å². The van der Waals surface area contributed by atoms with E-state index in [4.69, 9.17) is 0 Å². The first-order valence-electron chi connectivity index (χ1n) is 8.06. The SMILES string of the molecule is CCNC(c1ccccc1)C(C(C)C)N(CC)C(C)C. The molecule has 0 aliphatic heterocycles. The van der Waals surface area contributed by atoms with Crippen LogP contribution in [0.25, 0.3) is 0 Å². The van der Waals surface area contributed by atoms with Gasteiger partial charge in [0.05, 0.1) is 0 Å². The second kappa shape index (κ2) is 8.43. The molecular formula is C18H32N2. The number of hydrogen-bond acceptors (Lipinski definition) is 2. The molecule has 114 valence electrons. The Labute approximate surface area is 125 Å². The third-order valence-electron chi connectivity index (χ3n) is 4.02. The second-order valence-corrected chi connectivity index (χ2v) is 6.10. The normalized spacial score (nSPS) is 15.1. The molecule has 0 saturated heterocycles. The summed E-state index contributed by atoms with van der Waals surface area (Å²) in [5, 5.41) is 3.71. The molecule has 0 aromatic heterocycles. The highest BCUT2D eigenvalue weighted by Crippen LogP contribution is 2.28. The van der Waals surface area contributed by atoms with Gasteiger partial charge in [-0.15, -0.1) is 0 Å². The fourth-order valence-corrected chi connectivity index (χ4v) is 3.20. The van der Waals surface area contributed by atoms with E-state index in [1.807, 2.05) is 0 Å². The van der Waals surface area contributed by atoms with Gasteiger partial charge in [-0.05, 0) is 38.4 Å². The minimum Gasteiger partial charge on any atom is -0.309 e. The highest BCUT2D eigenvalue weighted by Gasteiger charge is 2.31. The predicted molar refractivity (Wildman–Crippen MR) is 89.0 cm³/mol. The van der Waals surface area contributed by atoms with E-state index in [0.717, 1.165) is 13.1 Å². The first-order valence-corrected chi connectivity index (χ1v) is 8.06. The summed E-state index contributed by atoms with van der Waals surface area (Å²) in [7, 11) is 0. The maximum absolute atomic E-state index is 3.71. The van der Waals surface area contributed by atoms with Crippen LogP contribution in [-0.2, 0) is 0 Å². The summed E-state index contributed by atoms with van der Waals surface area (Å²) >= 11 is 0. The van der Waals surface area contributed by atoms with Gasteiger partial charge >= 0.3 is 0 Å². The summed E-state index contributed by atoms with van der Waals surface area (Å²) in [5.74, 6) is 0.613. The average molecular weight is 276 g/mol. The molecule has 0 radical (unpaired) electrons. The molecule has 2 heteroatoms. The molecule has 0 bridgehead atoms. The Morgan fingerprint density at radius 1 is 1.00 bits per heavy atom. The third-order valence-corrected chi connectivity index (χ3v) is 4.02. The lowest BCUT2D eigenvalue weighted by molar-refractivity contribution is 0.0922. The molecule has 1 N–H and O–H groups in total. The lowest BCUT2D eigenvalue weighted by atomic mass is 9.88. The van der Waals surface area contributed by atoms with Crippen molar-refractivity contribution in [3.8, 4) is 0 Å². The molecule has 0 aliphatic carbocycles. The summed E-state index contributed by atoms with van der Waals surface area (Å²) in [5.41, 5.74) is 1.40. The van der Waals surface area contributed by atoms with Crippen LogP contribution in [0.2, 0.25) is 0 Å². The van der Waals surface area contributed by atoms with Gasteiger partial charge < -0.3 is 5.32 Å². The lowest BCUT2D eigenvalue weighted by Crippen LogP contribution is -2.50. The Hall–Kier alpha value is -0.860. The number of hydrogen-bond donors (Lipinski definition) is 1. The second-order valence-electron chi connectivity index (χ2n) is 6.10. The number of rotatable bonds is 8. The predicted octanol–water partition coefficient (Wildman–Crippen LogP) is 4.09. The Bertz CT molecular complexity index is 359. The van der Waals surface area contributed by atoms with Crippen LogP contribution in [0, 0.1) is 5.92 Å². The van der Waals surface area contributed by atoms with E-state index in [1.54, 1.807) is 0 Å². The fourth-order valence-electron chi connectivity index (χ4n) is 3.20. The first-order chi connectivity index (χ1) is 9.52. The summed E-state index contributed by atoms with van der Waals surface area (Å²) in [6.45, 7) is 15.8. The molecule has 0 aliphatic rings. The van der Waals surface area contributed by atoms with E-state index in [9.17, 15) is 0 Å². The molecule has 2 nitrogen and oxygen atoms in total. The van der Waals surface area contributed by atoms with Gasteiger partial charge in [-0.1, -0.05) is 58.0 Å². The van der Waals surface area contributed by atoms with E-state index >= 15 is 0 Å². The van der Waals surface area contributed by atoms with Crippen molar-refractivity contribution in [3.05, 3.63) is 35.9 Å². The summed E-state index contributed by atoms with van der Waals surface area (Å²) < 4.78 is 0. The van der Waals surface area contributed by atoms with Crippen LogP contribution in [0.3, 0.4) is 0 Å². The average Bonchev–Trinajstić information content (AvgIpc) is 2.43. The van der Waals surface area contributed by atoms with E-state index in [-0.39, 0.29) is 0 Å². The Morgan fingerprint density at radius 3 is 2.00 bits per heavy atom. The fraction of sp³-hybridized carbons (Fsp3) is 0.667. The third kappa shape index (κ3) is 4.32. The largest absolute Gasteiger partial charge is 0.309 e. The van der Waals surface area contributed by atoms with Gasteiger partial charge in [0.25, 0.3) is 0 Å². The van der Waals surface area contributed by atoms with E-state index in [1.165, 1.54) is 5.56 Å². The number of benzene rings is 1. The van der Waals surface area contributed by atoms with Crippen molar-refractivity contribution in [2.24, 2.45) is 5.92 Å². The molecule has 0 fully saturated rings. The van der Waals surface area contributed by atoms with Crippen LogP contribution < -0.4 is 5.32 Å². The van der Waals surface area contributed by atoms with Crippen molar-refractivity contribution < 1.29 is 0 Å². The van der Waals surface area contributed by atoms with Crippen molar-refractivity contribution in [3.63, 3.8) is 0 Å². The van der Waals surface area contributed by atoms with Crippen molar-refractivity contribution in [1.29, 1.82) is 0 Å². The van der Waals surface area contributed by atoms with Crippen LogP contribution in [-0.4, -0.2) is 30.1 Å². The minimum absolute atomic E-state index is 0.392. The first kappa shape index (κ1) is 17.2. The smallest absolute Gasteiger partial charge is 0.0480 e. The molecule has 2 atom stereocenters. The van der Waals surface area contributed by atoms with Crippen LogP contribution >= 0.6 is 0 Å². The molecule has 1 aromatic rings. The zero-order valence-electron chi connectivity index (χ0n) is 14.1. The maximum atomic E-state index is 3.71. The van der Waals surface area contributed by atoms with E-state index in [0.29, 0.717) is 24.0 Å². The van der Waals surface area contributed by atoms with Crippen LogP contribution in [0.4, 0.5) is 0 Å². The quantitative estimate of drug-likeness (QED) is 0.769. The Kier molecular flexibility index (Phi) is 7.25. The van der Waals surface area contributed by atoms with Gasteiger partial charge in [-0.25, -0.2) is 0 Å². The highest BCUT2D eigenvalue weighted by molar-refractivity contribution is 5.21. The molecular weight excluding hydrogens is 244 g/mol. The highest BCUT2D eigenvalue weighted by atomic mass is 15.2. The summed E-state index contributed by atoms with van der Waals surface area (Å²) in [6.07, 6.45) is 0. The molecule has 2 unspecified atom stereocenters. The van der Waals surface area contributed by atoms with Gasteiger partial charge in [-0.2, -0.15) is 0 Å². The topological polar surface area (TPSA) is 15.3 Å². The van der Waals surface area contributed by atoms with Crippen LogP contribution in [0.15, 0.2) is 30.3 Å². The molecule has 0 amide bonds. The van der Waals surface area contributed by atoms with Crippen molar-refractivity contribution in [2.75, 3.05) is 13.1 Å². The van der Waals surface area contributed by atoms with Gasteiger partial charge in [-0.3, -0.25) is 4.90 Å². The standard InChI is InChI=1S/C18H32N2/c1-7-19-17(16-12-10-9-11-13-16)18(14(3)4)20(8-2)15(5)6/h9-15,17-19H,7-8H2,1-6H3. The molecule has 0 heterocycles. The van der Waals surface area contributed by atoms with E-state index in [2.05, 4.69) is 82.1 Å². The minimum atomic E-state index is 0.392. The molecule has 0 saturated carbocycles. The van der Waals surface area contributed by atoms with Gasteiger partial charge in [0.15, 0.2) is 0 Å². The Balaban J connectivity index is 3.12. The molecule has 1 aromatic carbocycles. The monoisotopic (exact) mass is 276 g/mol.